The van der Waals surface area contributed by atoms with E-state index < -0.39 is 11.7 Å². The van der Waals surface area contributed by atoms with Crippen LogP contribution in [0.3, 0.4) is 0 Å². The predicted molar refractivity (Wildman–Crippen MR) is 105 cm³/mol. The van der Waals surface area contributed by atoms with E-state index in [2.05, 4.69) is 15.4 Å². The van der Waals surface area contributed by atoms with Gasteiger partial charge in [0.15, 0.2) is 5.52 Å². The van der Waals surface area contributed by atoms with Gasteiger partial charge >= 0.3 is 12.1 Å². The molecular weight excluding hydrogens is 387 g/mol. The lowest BCUT2D eigenvalue weighted by molar-refractivity contribution is -0.610. The standard InChI is InChI=1S/C20H21F3N3OS/c1-12(2)10-28-11-17-13(3)18(27-4)7-8-26(17)19-24-15-6-5-14(20(21,22)23)9-16(15)25-19/h5-10H,11H2,1-4H3,(H,24,25)/q+1. The van der Waals surface area contributed by atoms with E-state index in [0.29, 0.717) is 17.2 Å². The SMILES string of the molecule is COc1cc[n+](-c2nc3cc(C(F)(F)F)ccc3[nH]2)c(CSC=C(C)C)c1C. The van der Waals surface area contributed by atoms with Crippen LogP contribution in [0.1, 0.15) is 30.7 Å². The molecule has 0 fully saturated rings. The molecule has 28 heavy (non-hydrogen) atoms. The van der Waals surface area contributed by atoms with Gasteiger partial charge in [-0.05, 0) is 44.4 Å². The summed E-state index contributed by atoms with van der Waals surface area (Å²) in [6, 6.07) is 5.34. The van der Waals surface area contributed by atoms with Crippen molar-refractivity contribution in [2.45, 2.75) is 32.7 Å². The number of hydrogen-bond donors (Lipinski definition) is 1. The number of alkyl halides is 3. The summed E-state index contributed by atoms with van der Waals surface area (Å²) in [6.45, 7) is 6.01. The molecule has 0 aliphatic heterocycles. The number of pyridine rings is 1. The largest absolute Gasteiger partial charge is 0.496 e. The second-order valence-electron chi connectivity index (χ2n) is 6.62. The van der Waals surface area contributed by atoms with Crippen molar-refractivity contribution < 1.29 is 22.5 Å². The lowest BCUT2D eigenvalue weighted by atomic mass is 10.2. The Kier molecular flexibility index (Phi) is 5.69. The predicted octanol–water partition coefficient (Wildman–Crippen LogP) is 5.33. The second kappa shape index (κ2) is 7.87. The van der Waals surface area contributed by atoms with Gasteiger partial charge in [-0.15, -0.1) is 11.8 Å². The summed E-state index contributed by atoms with van der Waals surface area (Å²) in [5.74, 6) is 1.88. The van der Waals surface area contributed by atoms with Gasteiger partial charge in [-0.2, -0.15) is 13.2 Å². The van der Waals surface area contributed by atoms with Gasteiger partial charge in [-0.1, -0.05) is 10.6 Å². The minimum Gasteiger partial charge on any atom is -0.496 e. The number of aromatic amines is 1. The number of hydrogen-bond acceptors (Lipinski definition) is 3. The van der Waals surface area contributed by atoms with Crippen LogP contribution in [0.15, 0.2) is 41.4 Å². The van der Waals surface area contributed by atoms with E-state index in [4.69, 9.17) is 4.74 Å². The topological polar surface area (TPSA) is 41.8 Å². The Morgan fingerprint density at radius 3 is 2.68 bits per heavy atom. The highest BCUT2D eigenvalue weighted by Gasteiger charge is 2.32. The first-order valence-corrected chi connectivity index (χ1v) is 9.66. The first-order valence-electron chi connectivity index (χ1n) is 8.61. The Labute approximate surface area is 165 Å². The van der Waals surface area contributed by atoms with Gasteiger partial charge < -0.3 is 4.74 Å². The first kappa shape index (κ1) is 20.3. The zero-order valence-corrected chi connectivity index (χ0v) is 16.8. The molecule has 0 bridgehead atoms. The lowest BCUT2D eigenvalue weighted by Crippen LogP contribution is -2.37. The molecule has 3 rings (SSSR count). The Morgan fingerprint density at radius 1 is 1.29 bits per heavy atom. The summed E-state index contributed by atoms with van der Waals surface area (Å²) in [5, 5.41) is 2.07. The van der Waals surface area contributed by atoms with Crippen LogP contribution in [0, 0.1) is 6.92 Å². The summed E-state index contributed by atoms with van der Waals surface area (Å²) in [6.07, 6.45) is -2.59. The van der Waals surface area contributed by atoms with Crippen LogP contribution < -0.4 is 9.30 Å². The number of fused-ring (bicyclic) bond motifs is 1. The molecule has 4 nitrogen and oxygen atoms in total. The van der Waals surface area contributed by atoms with E-state index >= 15 is 0 Å². The van der Waals surface area contributed by atoms with Crippen molar-refractivity contribution in [2.75, 3.05) is 7.11 Å². The third-order valence-corrected chi connectivity index (χ3v) is 5.33. The molecule has 0 atom stereocenters. The third-order valence-electron chi connectivity index (χ3n) is 4.25. The highest BCUT2D eigenvalue weighted by atomic mass is 32.2. The summed E-state index contributed by atoms with van der Waals surface area (Å²) in [5.41, 5.74) is 3.21. The van der Waals surface area contributed by atoms with E-state index in [1.54, 1.807) is 18.9 Å². The molecule has 0 aliphatic carbocycles. The van der Waals surface area contributed by atoms with E-state index in [-0.39, 0.29) is 5.52 Å². The summed E-state index contributed by atoms with van der Waals surface area (Å²) >= 11 is 1.64. The number of H-pyrrole nitrogens is 1. The van der Waals surface area contributed by atoms with Gasteiger partial charge in [-0.25, -0.2) is 9.55 Å². The summed E-state index contributed by atoms with van der Waals surface area (Å²) < 4.78 is 46.2. The minimum atomic E-state index is -4.40. The molecule has 2 heterocycles. The quantitative estimate of drug-likeness (QED) is 0.580. The number of benzene rings is 1. The smallest absolute Gasteiger partial charge is 0.416 e. The fraction of sp³-hybridized carbons (Fsp3) is 0.300. The second-order valence-corrected chi connectivity index (χ2v) is 7.48. The van der Waals surface area contributed by atoms with Crippen molar-refractivity contribution in [2.24, 2.45) is 0 Å². The number of nitrogens with one attached hydrogen (secondary N) is 1. The number of allylic oxidation sites excluding steroid dienone is 1. The van der Waals surface area contributed by atoms with E-state index in [0.717, 1.165) is 29.1 Å². The number of imidazole rings is 1. The van der Waals surface area contributed by atoms with Gasteiger partial charge in [0.2, 0.25) is 0 Å². The van der Waals surface area contributed by atoms with Crippen LogP contribution in [0.4, 0.5) is 13.2 Å². The normalized spacial score (nSPS) is 11.7. The van der Waals surface area contributed by atoms with Crippen LogP contribution in [-0.4, -0.2) is 17.1 Å². The number of nitrogens with zero attached hydrogens (tertiary/aromatic N) is 2. The highest BCUT2D eigenvalue weighted by Crippen LogP contribution is 2.31. The molecular formula is C20H21F3N3OS+. The van der Waals surface area contributed by atoms with Gasteiger partial charge in [0.25, 0.3) is 0 Å². The molecule has 0 radical (unpaired) electrons. The van der Waals surface area contributed by atoms with Gasteiger partial charge in [0, 0.05) is 11.6 Å². The Morgan fingerprint density at radius 2 is 2.04 bits per heavy atom. The van der Waals surface area contributed by atoms with E-state index in [9.17, 15) is 13.2 Å². The maximum Gasteiger partial charge on any atom is 0.416 e. The van der Waals surface area contributed by atoms with E-state index in [1.165, 1.54) is 11.6 Å². The van der Waals surface area contributed by atoms with Crippen LogP contribution in [0.2, 0.25) is 0 Å². The van der Waals surface area contributed by atoms with Crippen molar-refractivity contribution in [1.82, 2.24) is 9.97 Å². The number of thioether (sulfide) groups is 1. The van der Waals surface area contributed by atoms with Crippen molar-refractivity contribution >= 4 is 22.8 Å². The molecule has 148 valence electrons. The average Bonchev–Trinajstić information content (AvgIpc) is 3.05. The van der Waals surface area contributed by atoms with Crippen molar-refractivity contribution in [3.63, 3.8) is 0 Å². The van der Waals surface area contributed by atoms with Gasteiger partial charge in [0.05, 0.1) is 24.6 Å². The molecule has 0 amide bonds. The average molecular weight is 408 g/mol. The molecule has 1 N–H and O–H groups in total. The van der Waals surface area contributed by atoms with Crippen molar-refractivity contribution in [1.29, 1.82) is 0 Å². The fourth-order valence-electron chi connectivity index (χ4n) is 2.85. The number of halogens is 3. The maximum atomic E-state index is 13.0. The molecule has 0 saturated carbocycles. The first-order chi connectivity index (χ1) is 13.2. The zero-order chi connectivity index (χ0) is 20.5. The molecule has 2 aromatic heterocycles. The van der Waals surface area contributed by atoms with Gasteiger partial charge in [-0.3, -0.25) is 0 Å². The molecule has 3 aromatic rings. The molecule has 8 heteroatoms. The zero-order valence-electron chi connectivity index (χ0n) is 16.0. The maximum absolute atomic E-state index is 13.0. The van der Waals surface area contributed by atoms with Crippen LogP contribution >= 0.6 is 11.8 Å². The minimum absolute atomic E-state index is 0.272. The third kappa shape index (κ3) is 4.16. The number of ether oxygens (including phenoxy) is 1. The molecule has 0 spiro atoms. The number of rotatable bonds is 5. The molecule has 0 saturated heterocycles. The highest BCUT2D eigenvalue weighted by molar-refractivity contribution is 8.01. The van der Waals surface area contributed by atoms with Crippen LogP contribution in [0.5, 0.6) is 5.75 Å². The van der Waals surface area contributed by atoms with Crippen molar-refractivity contribution in [3.05, 3.63) is 58.3 Å². The van der Waals surface area contributed by atoms with Crippen LogP contribution in [-0.2, 0) is 11.9 Å². The van der Waals surface area contributed by atoms with Gasteiger partial charge in [0.1, 0.15) is 17.0 Å². The Bertz CT molecular complexity index is 1040. The molecule has 0 unspecified atom stereocenters. The fourth-order valence-corrected chi connectivity index (χ4v) is 3.78. The molecule has 0 aliphatic rings. The summed E-state index contributed by atoms with van der Waals surface area (Å²) in [7, 11) is 1.61. The number of methoxy groups -OCH3 is 1. The monoisotopic (exact) mass is 408 g/mol. The Hall–Kier alpha value is -2.48. The Balaban J connectivity index is 2.09. The lowest BCUT2D eigenvalue weighted by Gasteiger charge is -2.11. The molecule has 1 aromatic carbocycles. The van der Waals surface area contributed by atoms with E-state index in [1.807, 2.05) is 37.6 Å². The summed E-state index contributed by atoms with van der Waals surface area (Å²) in [4.78, 5) is 7.51. The van der Waals surface area contributed by atoms with Crippen molar-refractivity contribution in [3.8, 4) is 11.7 Å². The van der Waals surface area contributed by atoms with Crippen LogP contribution in [0.25, 0.3) is 17.0 Å². The number of aromatic nitrogens is 3.